The molecule has 0 bridgehead atoms. The summed E-state index contributed by atoms with van der Waals surface area (Å²) in [6.45, 7) is 1.65. The molecule has 4 heteroatoms. The molecule has 1 radical (unpaired) electrons. The van der Waals surface area contributed by atoms with Crippen LogP contribution >= 0.6 is 0 Å². The topological polar surface area (TPSA) is 21.6 Å². The van der Waals surface area contributed by atoms with Crippen molar-refractivity contribution in [2.24, 2.45) is 4.99 Å². The normalized spacial score (nSPS) is 18.7. The quantitative estimate of drug-likeness (QED) is 0.536. The van der Waals surface area contributed by atoms with Crippen LogP contribution in [0.2, 0.25) is 0 Å². The predicted molar refractivity (Wildman–Crippen MR) is 29.8 cm³/mol. The Morgan fingerprint density at radius 1 is 1.86 bits per heavy atom. The average Bonchev–Trinajstić information content (AvgIpc) is 2.14. The standard InChI is InChI=1S/C3H4NOSe2/c6-7-3-4-1-2-5-3/h1-2H2. The molecule has 0 aliphatic carbocycles. The molecular weight excluding hydrogens is 224 g/mol. The Balaban J connectivity index is 2.36. The SMILES string of the molecule is [Se][Se]C1=NCCO1. The van der Waals surface area contributed by atoms with E-state index in [2.05, 4.69) is 19.2 Å². The molecule has 0 spiro atoms. The molecule has 0 N–H and O–H groups in total. The van der Waals surface area contributed by atoms with Crippen molar-refractivity contribution in [2.75, 3.05) is 13.2 Å². The summed E-state index contributed by atoms with van der Waals surface area (Å²) in [6, 6.07) is 0. The first-order valence-corrected chi connectivity index (χ1v) is 7.09. The average molecular weight is 228 g/mol. The Bertz CT molecular complexity index is 92.9. The minimum absolute atomic E-state index is 0.358. The number of hydrogen-bond acceptors (Lipinski definition) is 2. The summed E-state index contributed by atoms with van der Waals surface area (Å²) in [4.78, 5) is 4.97. The minimum atomic E-state index is 0.358. The second kappa shape index (κ2) is 2.73. The summed E-state index contributed by atoms with van der Waals surface area (Å²) < 4.78 is 5.05. The first-order chi connectivity index (χ1) is 3.43. The van der Waals surface area contributed by atoms with Crippen molar-refractivity contribution >= 4 is 32.1 Å². The van der Waals surface area contributed by atoms with Crippen LogP contribution < -0.4 is 0 Å². The van der Waals surface area contributed by atoms with Gasteiger partial charge < -0.3 is 0 Å². The maximum absolute atomic E-state index is 5.05. The van der Waals surface area contributed by atoms with E-state index in [4.69, 9.17) is 4.74 Å². The van der Waals surface area contributed by atoms with Gasteiger partial charge in [0, 0.05) is 0 Å². The van der Waals surface area contributed by atoms with E-state index in [1.54, 1.807) is 0 Å². The molecule has 1 rings (SSSR count). The number of rotatable bonds is 1. The molecular formula is C3H4NOSe2. The van der Waals surface area contributed by atoms with Crippen LogP contribution in [-0.2, 0) is 4.74 Å². The first-order valence-electron chi connectivity index (χ1n) is 1.90. The zero-order chi connectivity index (χ0) is 5.11. The Morgan fingerprint density at radius 3 is 3.00 bits per heavy atom. The van der Waals surface area contributed by atoms with Gasteiger partial charge in [0.15, 0.2) is 0 Å². The van der Waals surface area contributed by atoms with Gasteiger partial charge in [0.1, 0.15) is 0 Å². The van der Waals surface area contributed by atoms with E-state index in [9.17, 15) is 0 Å². The van der Waals surface area contributed by atoms with Crippen LogP contribution in [-0.4, -0.2) is 45.3 Å². The van der Waals surface area contributed by atoms with E-state index in [-0.39, 0.29) is 0 Å². The zero-order valence-electron chi connectivity index (χ0n) is 3.59. The van der Waals surface area contributed by atoms with Gasteiger partial charge in [-0.15, -0.1) is 0 Å². The molecule has 0 aromatic rings. The summed E-state index contributed by atoms with van der Waals surface area (Å²) in [6.07, 6.45) is 0. The monoisotopic (exact) mass is 230 g/mol. The fraction of sp³-hybridized carbons (Fsp3) is 0.667. The molecule has 0 aromatic carbocycles. The maximum atomic E-state index is 5.05. The van der Waals surface area contributed by atoms with Gasteiger partial charge in [-0.2, -0.15) is 0 Å². The van der Waals surface area contributed by atoms with Crippen LogP contribution in [0.3, 0.4) is 0 Å². The molecule has 0 atom stereocenters. The molecule has 39 valence electrons. The molecule has 1 aliphatic rings. The summed E-state index contributed by atoms with van der Waals surface area (Å²) in [5, 5.41) is 0. The van der Waals surface area contributed by atoms with Gasteiger partial charge in [-0.05, 0) is 0 Å². The van der Waals surface area contributed by atoms with Gasteiger partial charge in [-0.1, -0.05) is 0 Å². The molecule has 0 aromatic heterocycles. The molecule has 1 heterocycles. The fourth-order valence-electron chi connectivity index (χ4n) is 0.366. The van der Waals surface area contributed by atoms with Gasteiger partial charge in [0.05, 0.1) is 0 Å². The van der Waals surface area contributed by atoms with Crippen molar-refractivity contribution in [3.05, 3.63) is 0 Å². The van der Waals surface area contributed by atoms with Crippen LogP contribution in [0.4, 0.5) is 0 Å². The van der Waals surface area contributed by atoms with Crippen LogP contribution in [0.5, 0.6) is 0 Å². The van der Waals surface area contributed by atoms with Gasteiger partial charge >= 0.3 is 55.0 Å². The molecule has 0 saturated carbocycles. The summed E-state index contributed by atoms with van der Waals surface area (Å²) >= 11 is 3.25. The van der Waals surface area contributed by atoms with Crippen molar-refractivity contribution in [1.82, 2.24) is 0 Å². The molecule has 7 heavy (non-hydrogen) atoms. The zero-order valence-corrected chi connectivity index (χ0v) is 7.01. The fourth-order valence-corrected chi connectivity index (χ4v) is 2.04. The van der Waals surface area contributed by atoms with Gasteiger partial charge in [0.2, 0.25) is 0 Å². The Kier molecular flexibility index (Phi) is 2.20. The van der Waals surface area contributed by atoms with Crippen molar-refractivity contribution in [2.45, 2.75) is 0 Å². The molecule has 2 nitrogen and oxygen atoms in total. The van der Waals surface area contributed by atoms with Crippen molar-refractivity contribution < 1.29 is 4.74 Å². The van der Waals surface area contributed by atoms with Crippen LogP contribution in [0, 0.1) is 0 Å². The third-order valence-electron chi connectivity index (χ3n) is 0.629. The van der Waals surface area contributed by atoms with Crippen LogP contribution in [0.25, 0.3) is 0 Å². The van der Waals surface area contributed by atoms with E-state index in [1.807, 2.05) is 0 Å². The van der Waals surface area contributed by atoms with E-state index in [0.29, 0.717) is 13.1 Å². The third-order valence-corrected chi connectivity index (χ3v) is 3.00. The second-order valence-corrected chi connectivity index (χ2v) is 3.98. The van der Waals surface area contributed by atoms with E-state index in [1.165, 1.54) is 0 Å². The third kappa shape index (κ3) is 1.46. The van der Waals surface area contributed by atoms with E-state index in [0.717, 1.165) is 17.9 Å². The number of nitrogens with zero attached hydrogens (tertiary/aromatic N) is 1. The van der Waals surface area contributed by atoms with Crippen molar-refractivity contribution in [3.8, 4) is 0 Å². The summed E-state index contributed by atoms with van der Waals surface area (Å²) in [7, 11) is 0. The number of hydrogen-bond donors (Lipinski definition) is 0. The Labute approximate surface area is 55.2 Å². The summed E-state index contributed by atoms with van der Waals surface area (Å²) in [5.41, 5.74) is 0. The van der Waals surface area contributed by atoms with E-state index >= 15 is 0 Å². The Morgan fingerprint density at radius 2 is 2.71 bits per heavy atom. The molecule has 0 amide bonds. The molecule has 0 saturated heterocycles. The van der Waals surface area contributed by atoms with Gasteiger partial charge in [-0.25, -0.2) is 0 Å². The van der Waals surface area contributed by atoms with Crippen molar-refractivity contribution in [3.63, 3.8) is 0 Å². The van der Waals surface area contributed by atoms with Crippen molar-refractivity contribution in [1.29, 1.82) is 0 Å². The number of aliphatic imine (C=N–C) groups is 1. The molecule has 0 unspecified atom stereocenters. The first kappa shape index (κ1) is 5.64. The van der Waals surface area contributed by atoms with Gasteiger partial charge in [-0.3, -0.25) is 0 Å². The van der Waals surface area contributed by atoms with Crippen LogP contribution in [0.15, 0.2) is 4.99 Å². The Hall–Kier alpha value is 0.509. The molecule has 0 fully saturated rings. The molecule has 1 aliphatic heterocycles. The predicted octanol–water partition coefficient (Wildman–Crippen LogP) is -0.840. The second-order valence-electron chi connectivity index (χ2n) is 1.08. The van der Waals surface area contributed by atoms with Crippen LogP contribution in [0.1, 0.15) is 0 Å². The number of ether oxygens (including phenoxy) is 1. The van der Waals surface area contributed by atoms with Gasteiger partial charge in [0.25, 0.3) is 0 Å². The summed E-state index contributed by atoms with van der Waals surface area (Å²) in [5.74, 6) is 0. The van der Waals surface area contributed by atoms with E-state index < -0.39 is 0 Å².